The molecule has 1 unspecified atom stereocenters. The third-order valence-corrected chi connectivity index (χ3v) is 3.90. The Morgan fingerprint density at radius 2 is 2.13 bits per heavy atom. The molecule has 0 saturated carbocycles. The number of hydrogen-bond acceptors (Lipinski definition) is 5. The number of rotatable bonds is 4. The van der Waals surface area contributed by atoms with Crippen molar-refractivity contribution < 1.29 is 9.53 Å². The Morgan fingerprint density at radius 3 is 2.83 bits per heavy atom. The maximum absolute atomic E-state index is 12.4. The van der Waals surface area contributed by atoms with Crippen molar-refractivity contribution in [2.24, 2.45) is 0 Å². The quantitative estimate of drug-likeness (QED) is 0.867. The number of ether oxygens (including phenoxy) is 1. The van der Waals surface area contributed by atoms with Crippen LogP contribution in [0.3, 0.4) is 0 Å². The van der Waals surface area contributed by atoms with Crippen LogP contribution in [0.4, 0.5) is 4.79 Å². The molecule has 2 heterocycles. The summed E-state index contributed by atoms with van der Waals surface area (Å²) >= 11 is 0. The van der Waals surface area contributed by atoms with Gasteiger partial charge in [0.15, 0.2) is 5.82 Å². The Kier molecular flexibility index (Phi) is 4.55. The molecule has 7 nitrogen and oxygen atoms in total. The normalized spacial score (nSPS) is 17.7. The SMILES string of the molecule is CC(C)n1nnc(C2CCCN2C(=O)OCc2ccccc2)n1. The first-order chi connectivity index (χ1) is 11.1. The van der Waals surface area contributed by atoms with Gasteiger partial charge in [0, 0.05) is 6.54 Å². The van der Waals surface area contributed by atoms with Crippen molar-refractivity contribution in [2.45, 2.75) is 45.4 Å². The van der Waals surface area contributed by atoms with Gasteiger partial charge in [-0.3, -0.25) is 4.90 Å². The van der Waals surface area contributed by atoms with E-state index in [4.69, 9.17) is 4.74 Å². The van der Waals surface area contributed by atoms with E-state index in [1.54, 1.807) is 9.70 Å². The second-order valence-corrected chi connectivity index (χ2v) is 5.95. The van der Waals surface area contributed by atoms with Crippen molar-refractivity contribution in [3.8, 4) is 0 Å². The second kappa shape index (κ2) is 6.76. The van der Waals surface area contributed by atoms with Crippen LogP contribution in [0.2, 0.25) is 0 Å². The zero-order valence-corrected chi connectivity index (χ0v) is 13.4. The summed E-state index contributed by atoms with van der Waals surface area (Å²) < 4.78 is 5.42. The minimum absolute atomic E-state index is 0.147. The monoisotopic (exact) mass is 315 g/mol. The summed E-state index contributed by atoms with van der Waals surface area (Å²) in [4.78, 5) is 15.6. The predicted molar refractivity (Wildman–Crippen MR) is 83.5 cm³/mol. The molecule has 1 fully saturated rings. The second-order valence-electron chi connectivity index (χ2n) is 5.95. The van der Waals surface area contributed by atoms with Crippen molar-refractivity contribution in [3.63, 3.8) is 0 Å². The lowest BCUT2D eigenvalue weighted by molar-refractivity contribution is 0.0908. The van der Waals surface area contributed by atoms with Gasteiger partial charge in [0.25, 0.3) is 0 Å². The smallest absolute Gasteiger partial charge is 0.410 e. The van der Waals surface area contributed by atoms with Crippen LogP contribution in [-0.2, 0) is 11.3 Å². The Balaban J connectivity index is 1.64. The molecule has 0 bridgehead atoms. The Labute approximate surface area is 135 Å². The number of benzene rings is 1. The van der Waals surface area contributed by atoms with Crippen molar-refractivity contribution in [2.75, 3.05) is 6.54 Å². The van der Waals surface area contributed by atoms with Gasteiger partial charge in [0.2, 0.25) is 0 Å². The summed E-state index contributed by atoms with van der Waals surface area (Å²) in [5, 5.41) is 12.5. The number of likely N-dealkylation sites (tertiary alicyclic amines) is 1. The molecule has 1 saturated heterocycles. The maximum atomic E-state index is 12.4. The lowest BCUT2D eigenvalue weighted by atomic mass is 10.2. The fourth-order valence-corrected chi connectivity index (χ4v) is 2.64. The summed E-state index contributed by atoms with van der Waals surface area (Å²) in [6.07, 6.45) is 1.43. The number of tetrazole rings is 1. The molecule has 0 N–H and O–H groups in total. The van der Waals surface area contributed by atoms with Crippen LogP contribution in [0.1, 0.15) is 50.2 Å². The van der Waals surface area contributed by atoms with Gasteiger partial charge in [-0.25, -0.2) is 4.79 Å². The number of nitrogens with zero attached hydrogens (tertiary/aromatic N) is 5. The van der Waals surface area contributed by atoms with Gasteiger partial charge in [-0.2, -0.15) is 4.80 Å². The van der Waals surface area contributed by atoms with Gasteiger partial charge < -0.3 is 4.74 Å². The van der Waals surface area contributed by atoms with Crippen LogP contribution in [0.5, 0.6) is 0 Å². The van der Waals surface area contributed by atoms with Gasteiger partial charge in [0.1, 0.15) is 6.61 Å². The van der Waals surface area contributed by atoms with Gasteiger partial charge in [-0.1, -0.05) is 30.3 Å². The van der Waals surface area contributed by atoms with Gasteiger partial charge in [-0.05, 0) is 37.5 Å². The van der Waals surface area contributed by atoms with Crippen molar-refractivity contribution >= 4 is 6.09 Å². The van der Waals surface area contributed by atoms with Crippen LogP contribution < -0.4 is 0 Å². The van der Waals surface area contributed by atoms with Gasteiger partial charge >= 0.3 is 6.09 Å². The Morgan fingerprint density at radius 1 is 1.35 bits per heavy atom. The lowest BCUT2D eigenvalue weighted by Crippen LogP contribution is -2.31. The summed E-state index contributed by atoms with van der Waals surface area (Å²) in [5.41, 5.74) is 0.973. The van der Waals surface area contributed by atoms with Crippen LogP contribution in [-0.4, -0.2) is 37.7 Å². The van der Waals surface area contributed by atoms with Gasteiger partial charge in [0.05, 0.1) is 12.1 Å². The predicted octanol–water partition coefficient (Wildman–Crippen LogP) is 2.73. The summed E-state index contributed by atoms with van der Waals surface area (Å²) in [5.74, 6) is 0.591. The van der Waals surface area contributed by atoms with E-state index in [0.717, 1.165) is 18.4 Å². The van der Waals surface area contributed by atoms with E-state index in [1.807, 2.05) is 44.2 Å². The van der Waals surface area contributed by atoms with Crippen LogP contribution in [0.25, 0.3) is 0 Å². The van der Waals surface area contributed by atoms with E-state index < -0.39 is 0 Å². The highest BCUT2D eigenvalue weighted by Crippen LogP contribution is 2.30. The standard InChI is InChI=1S/C16H21N5O2/c1-12(2)21-18-15(17-19-21)14-9-6-10-20(14)16(22)23-11-13-7-4-3-5-8-13/h3-5,7-8,12,14H,6,9-11H2,1-2H3. The van der Waals surface area contributed by atoms with Crippen LogP contribution >= 0.6 is 0 Å². The van der Waals surface area contributed by atoms with Gasteiger partial charge in [-0.15, -0.1) is 10.2 Å². The fraction of sp³-hybridized carbons (Fsp3) is 0.500. The highest BCUT2D eigenvalue weighted by atomic mass is 16.6. The average molecular weight is 315 g/mol. The van der Waals surface area contributed by atoms with Crippen LogP contribution in [0.15, 0.2) is 30.3 Å². The Bertz CT molecular complexity index is 656. The maximum Gasteiger partial charge on any atom is 0.410 e. The number of aromatic nitrogens is 4. The molecule has 23 heavy (non-hydrogen) atoms. The number of amides is 1. The van der Waals surface area contributed by atoms with Crippen LogP contribution in [0, 0.1) is 0 Å². The topological polar surface area (TPSA) is 73.1 Å². The molecule has 2 aromatic rings. The summed E-state index contributed by atoms with van der Waals surface area (Å²) in [6.45, 7) is 4.92. The third kappa shape index (κ3) is 3.49. The zero-order chi connectivity index (χ0) is 16.2. The molecule has 1 aromatic carbocycles. The molecule has 1 aromatic heterocycles. The minimum atomic E-state index is -0.322. The van der Waals surface area contributed by atoms with E-state index in [9.17, 15) is 4.79 Å². The van der Waals surface area contributed by atoms with E-state index >= 15 is 0 Å². The highest BCUT2D eigenvalue weighted by Gasteiger charge is 2.34. The third-order valence-electron chi connectivity index (χ3n) is 3.90. The lowest BCUT2D eigenvalue weighted by Gasteiger charge is -2.21. The first-order valence-corrected chi connectivity index (χ1v) is 7.92. The molecule has 1 aliphatic rings. The van der Waals surface area contributed by atoms with Crippen molar-refractivity contribution in [1.82, 2.24) is 25.1 Å². The molecule has 7 heteroatoms. The largest absolute Gasteiger partial charge is 0.445 e. The number of carbonyl (C=O) groups excluding carboxylic acids is 1. The number of carbonyl (C=O) groups is 1. The fourth-order valence-electron chi connectivity index (χ4n) is 2.64. The van der Waals surface area contributed by atoms with E-state index in [2.05, 4.69) is 15.4 Å². The van der Waals surface area contributed by atoms with Crippen molar-refractivity contribution in [1.29, 1.82) is 0 Å². The molecule has 0 spiro atoms. The average Bonchev–Trinajstić information content (AvgIpc) is 3.22. The van der Waals surface area contributed by atoms with Crippen molar-refractivity contribution in [3.05, 3.63) is 41.7 Å². The van der Waals surface area contributed by atoms with E-state index in [0.29, 0.717) is 12.4 Å². The molecule has 1 aliphatic heterocycles. The molecular formula is C16H21N5O2. The molecule has 1 amide bonds. The summed E-state index contributed by atoms with van der Waals surface area (Å²) in [6, 6.07) is 9.66. The molecular weight excluding hydrogens is 294 g/mol. The first kappa shape index (κ1) is 15.5. The minimum Gasteiger partial charge on any atom is -0.445 e. The van der Waals surface area contributed by atoms with E-state index in [1.165, 1.54) is 0 Å². The first-order valence-electron chi connectivity index (χ1n) is 7.92. The molecule has 122 valence electrons. The summed E-state index contributed by atoms with van der Waals surface area (Å²) in [7, 11) is 0. The molecule has 0 radical (unpaired) electrons. The number of hydrogen-bond donors (Lipinski definition) is 0. The molecule has 0 aliphatic carbocycles. The van der Waals surface area contributed by atoms with E-state index in [-0.39, 0.29) is 24.8 Å². The molecule has 3 rings (SSSR count). The molecule has 1 atom stereocenters. The zero-order valence-electron chi connectivity index (χ0n) is 13.4. The Hall–Kier alpha value is -2.44. The highest BCUT2D eigenvalue weighted by molar-refractivity contribution is 5.68.